The molecule has 1 aliphatic heterocycles. The first-order valence-corrected chi connectivity index (χ1v) is 9.04. The maximum absolute atomic E-state index is 12.9. The molecule has 1 N–H and O–H groups in total. The molecular weight excluding hydrogens is 346 g/mol. The third-order valence-corrected chi connectivity index (χ3v) is 4.55. The lowest BCUT2D eigenvalue weighted by Crippen LogP contribution is -2.51. The zero-order valence-corrected chi connectivity index (χ0v) is 15.5. The van der Waals surface area contributed by atoms with Crippen LogP contribution in [-0.2, 0) is 9.53 Å². The van der Waals surface area contributed by atoms with Gasteiger partial charge in [-0.05, 0) is 12.1 Å². The number of amides is 2. The van der Waals surface area contributed by atoms with Gasteiger partial charge in [0.15, 0.2) is 0 Å². The van der Waals surface area contributed by atoms with E-state index in [9.17, 15) is 9.59 Å². The highest BCUT2D eigenvalue weighted by atomic mass is 16.5. The van der Waals surface area contributed by atoms with Gasteiger partial charge in [0.2, 0.25) is 5.91 Å². The number of nitrogens with zero attached hydrogens (tertiary/aromatic N) is 4. The maximum atomic E-state index is 12.9. The number of nitrogens with one attached hydrogen (secondary N) is 1. The van der Waals surface area contributed by atoms with Crippen molar-refractivity contribution < 1.29 is 14.3 Å². The molecular formula is C19H25N5O3. The highest BCUT2D eigenvalue weighted by Gasteiger charge is 2.25. The minimum atomic E-state index is -0.0412. The molecule has 0 unspecified atom stereocenters. The van der Waals surface area contributed by atoms with E-state index in [-0.39, 0.29) is 11.8 Å². The third kappa shape index (κ3) is 4.93. The number of ether oxygens (including phenoxy) is 1. The lowest BCUT2D eigenvalue weighted by atomic mass is 10.2. The largest absolute Gasteiger partial charge is 0.383 e. The highest BCUT2D eigenvalue weighted by Crippen LogP contribution is 2.14. The fourth-order valence-corrected chi connectivity index (χ4v) is 3.07. The Morgan fingerprint density at radius 3 is 2.59 bits per heavy atom. The molecule has 8 heteroatoms. The number of imidazole rings is 1. The second kappa shape index (κ2) is 9.29. The Morgan fingerprint density at radius 1 is 1.15 bits per heavy atom. The molecule has 0 bridgehead atoms. The van der Waals surface area contributed by atoms with Crippen molar-refractivity contribution in [2.75, 3.05) is 53.0 Å². The van der Waals surface area contributed by atoms with Crippen LogP contribution in [0.3, 0.4) is 0 Å². The van der Waals surface area contributed by atoms with Crippen LogP contribution in [-0.4, -0.2) is 84.2 Å². The smallest absolute Gasteiger partial charge is 0.272 e. The predicted octanol–water partition coefficient (Wildman–Crippen LogP) is 0.393. The molecule has 1 aromatic heterocycles. The third-order valence-electron chi connectivity index (χ3n) is 4.55. The zero-order chi connectivity index (χ0) is 19.1. The Hall–Kier alpha value is -2.71. The van der Waals surface area contributed by atoms with Crippen LogP contribution in [0.15, 0.2) is 42.9 Å². The summed E-state index contributed by atoms with van der Waals surface area (Å²) in [5, 5.41) is 2.82. The predicted molar refractivity (Wildman–Crippen MR) is 101 cm³/mol. The molecule has 27 heavy (non-hydrogen) atoms. The average molecular weight is 371 g/mol. The average Bonchev–Trinajstić information content (AvgIpc) is 3.19. The van der Waals surface area contributed by atoms with Crippen LogP contribution in [0, 0.1) is 0 Å². The Bertz CT molecular complexity index is 754. The number of carbonyl (C=O) groups is 2. The summed E-state index contributed by atoms with van der Waals surface area (Å²) in [5.41, 5.74) is 1.46. The summed E-state index contributed by atoms with van der Waals surface area (Å²) in [6, 6.07) is 9.68. The number of para-hydroxylation sites is 1. The zero-order valence-electron chi connectivity index (χ0n) is 15.5. The summed E-state index contributed by atoms with van der Waals surface area (Å²) in [7, 11) is 1.60. The van der Waals surface area contributed by atoms with E-state index < -0.39 is 0 Å². The van der Waals surface area contributed by atoms with E-state index in [1.165, 1.54) is 0 Å². The van der Waals surface area contributed by atoms with Crippen molar-refractivity contribution >= 4 is 11.8 Å². The molecule has 144 valence electrons. The van der Waals surface area contributed by atoms with Crippen LogP contribution >= 0.6 is 0 Å². The number of hydrogen-bond donors (Lipinski definition) is 1. The molecule has 0 aliphatic carbocycles. The van der Waals surface area contributed by atoms with Gasteiger partial charge in [-0.2, -0.15) is 0 Å². The van der Waals surface area contributed by atoms with Gasteiger partial charge in [-0.3, -0.25) is 19.1 Å². The Kier molecular flexibility index (Phi) is 6.56. The number of piperazine rings is 1. The van der Waals surface area contributed by atoms with Gasteiger partial charge in [0.25, 0.3) is 5.91 Å². The SMILES string of the molecule is COCCNC(=O)CN1CCN(C(=O)c2cncn2-c2ccccc2)CC1. The van der Waals surface area contributed by atoms with Crippen LogP contribution < -0.4 is 5.32 Å². The molecule has 2 aromatic rings. The second-order valence-corrected chi connectivity index (χ2v) is 6.40. The van der Waals surface area contributed by atoms with Gasteiger partial charge in [0.1, 0.15) is 5.69 Å². The van der Waals surface area contributed by atoms with Gasteiger partial charge in [0.05, 0.1) is 25.7 Å². The molecule has 0 atom stereocenters. The number of methoxy groups -OCH3 is 1. The molecule has 1 aromatic carbocycles. The lowest BCUT2D eigenvalue weighted by molar-refractivity contribution is -0.122. The Labute approximate surface area is 158 Å². The van der Waals surface area contributed by atoms with E-state index in [4.69, 9.17) is 4.74 Å². The van der Waals surface area contributed by atoms with Gasteiger partial charge in [0, 0.05) is 45.5 Å². The number of benzene rings is 1. The van der Waals surface area contributed by atoms with Gasteiger partial charge in [-0.1, -0.05) is 18.2 Å². The van der Waals surface area contributed by atoms with Gasteiger partial charge in [-0.15, -0.1) is 0 Å². The summed E-state index contributed by atoms with van der Waals surface area (Å²) in [6.07, 6.45) is 3.26. The first-order chi connectivity index (χ1) is 13.2. The molecule has 2 heterocycles. The van der Waals surface area contributed by atoms with E-state index in [0.717, 1.165) is 5.69 Å². The molecule has 0 radical (unpaired) electrons. The number of rotatable bonds is 7. The summed E-state index contributed by atoms with van der Waals surface area (Å²) in [6.45, 7) is 3.87. The Morgan fingerprint density at radius 2 is 1.89 bits per heavy atom. The number of hydrogen-bond acceptors (Lipinski definition) is 5. The van der Waals surface area contributed by atoms with Gasteiger partial charge < -0.3 is 15.0 Å². The van der Waals surface area contributed by atoms with Crippen LogP contribution in [0.25, 0.3) is 5.69 Å². The quantitative estimate of drug-likeness (QED) is 0.713. The van der Waals surface area contributed by atoms with Crippen molar-refractivity contribution in [1.29, 1.82) is 0 Å². The van der Waals surface area contributed by atoms with Crippen LogP contribution in [0.4, 0.5) is 0 Å². The fraction of sp³-hybridized carbons (Fsp3) is 0.421. The fourth-order valence-electron chi connectivity index (χ4n) is 3.07. The van der Waals surface area contributed by atoms with Crippen LogP contribution in [0.2, 0.25) is 0 Å². The molecule has 8 nitrogen and oxygen atoms in total. The normalized spacial score (nSPS) is 14.9. The van der Waals surface area contributed by atoms with Gasteiger partial charge >= 0.3 is 0 Å². The standard InChI is InChI=1S/C19H25N5O3/c1-27-12-7-21-18(25)14-22-8-10-23(11-9-22)19(26)17-13-20-15-24(17)16-5-3-2-4-6-16/h2-6,13,15H,7-12,14H2,1H3,(H,21,25). The van der Waals surface area contributed by atoms with E-state index in [0.29, 0.717) is 51.6 Å². The summed E-state index contributed by atoms with van der Waals surface area (Å²) < 4.78 is 6.72. The van der Waals surface area contributed by atoms with Gasteiger partial charge in [-0.25, -0.2) is 4.98 Å². The van der Waals surface area contributed by atoms with E-state index in [1.54, 1.807) is 24.2 Å². The lowest BCUT2D eigenvalue weighted by Gasteiger charge is -2.34. The molecule has 1 saturated heterocycles. The van der Waals surface area contributed by atoms with Crippen LogP contribution in [0.1, 0.15) is 10.5 Å². The first-order valence-electron chi connectivity index (χ1n) is 9.04. The van der Waals surface area contributed by atoms with E-state index in [2.05, 4.69) is 15.2 Å². The molecule has 2 amide bonds. The minimum Gasteiger partial charge on any atom is -0.383 e. The van der Waals surface area contributed by atoms with Crippen molar-refractivity contribution in [3.63, 3.8) is 0 Å². The van der Waals surface area contributed by atoms with Crippen molar-refractivity contribution in [3.05, 3.63) is 48.5 Å². The number of aromatic nitrogens is 2. The summed E-state index contributed by atoms with van der Waals surface area (Å²) in [5.74, 6) is -0.0606. The Balaban J connectivity index is 1.54. The van der Waals surface area contributed by atoms with E-state index in [1.807, 2.05) is 35.2 Å². The van der Waals surface area contributed by atoms with E-state index >= 15 is 0 Å². The first kappa shape index (κ1) is 19.1. The topological polar surface area (TPSA) is 79.7 Å². The molecule has 3 rings (SSSR count). The molecule has 1 fully saturated rings. The van der Waals surface area contributed by atoms with Crippen molar-refractivity contribution in [1.82, 2.24) is 24.7 Å². The molecule has 0 spiro atoms. The second-order valence-electron chi connectivity index (χ2n) is 6.40. The monoisotopic (exact) mass is 371 g/mol. The van der Waals surface area contributed by atoms with Crippen molar-refractivity contribution in [2.45, 2.75) is 0 Å². The van der Waals surface area contributed by atoms with Crippen LogP contribution in [0.5, 0.6) is 0 Å². The number of carbonyl (C=O) groups excluding carboxylic acids is 2. The summed E-state index contributed by atoms with van der Waals surface area (Å²) >= 11 is 0. The summed E-state index contributed by atoms with van der Waals surface area (Å²) in [4.78, 5) is 32.8. The van der Waals surface area contributed by atoms with Crippen molar-refractivity contribution in [3.8, 4) is 5.69 Å². The van der Waals surface area contributed by atoms with Crippen molar-refractivity contribution in [2.24, 2.45) is 0 Å². The molecule has 1 aliphatic rings. The maximum Gasteiger partial charge on any atom is 0.272 e. The minimum absolute atomic E-state index is 0.0195. The highest BCUT2D eigenvalue weighted by molar-refractivity contribution is 5.93. The molecule has 0 saturated carbocycles.